The summed E-state index contributed by atoms with van der Waals surface area (Å²) >= 11 is 3.38. The molecule has 1 N–H and O–H groups in total. The first-order valence-electron chi connectivity index (χ1n) is 8.50. The maximum atomic E-state index is 12.4. The molecule has 0 aliphatic carbocycles. The van der Waals surface area contributed by atoms with Gasteiger partial charge >= 0.3 is 0 Å². The Balaban J connectivity index is 1.95. The topological polar surface area (TPSA) is 38.3 Å². The molecule has 134 valence electrons. The van der Waals surface area contributed by atoms with Gasteiger partial charge in [-0.1, -0.05) is 61.0 Å². The first kappa shape index (κ1) is 19.5. The highest BCUT2D eigenvalue weighted by atomic mass is 79.9. The molecule has 4 heteroatoms. The van der Waals surface area contributed by atoms with Gasteiger partial charge in [0.1, 0.15) is 5.75 Å². The van der Waals surface area contributed by atoms with Gasteiger partial charge in [-0.25, -0.2) is 0 Å². The van der Waals surface area contributed by atoms with Gasteiger partial charge in [-0.05, 0) is 54.7 Å². The molecule has 2 aromatic carbocycles. The number of nitrogens with one attached hydrogen (secondary N) is 1. The van der Waals surface area contributed by atoms with Crippen LogP contribution in [0.1, 0.15) is 51.8 Å². The lowest BCUT2D eigenvalue weighted by Gasteiger charge is -2.22. The molecule has 0 fully saturated rings. The average Bonchev–Trinajstić information content (AvgIpc) is 2.56. The van der Waals surface area contributed by atoms with Crippen LogP contribution in [0, 0.1) is 0 Å². The minimum Gasteiger partial charge on any atom is -0.481 e. The smallest absolute Gasteiger partial charge is 0.261 e. The fraction of sp³-hybridized carbons (Fsp3) is 0.381. The number of hydrogen-bond acceptors (Lipinski definition) is 2. The highest BCUT2D eigenvalue weighted by molar-refractivity contribution is 9.10. The van der Waals surface area contributed by atoms with Gasteiger partial charge in [-0.15, -0.1) is 0 Å². The second kappa shape index (κ2) is 8.05. The number of ether oxygens (including phenoxy) is 1. The second-order valence-corrected chi connectivity index (χ2v) is 8.23. The summed E-state index contributed by atoms with van der Waals surface area (Å²) in [5, 5.41) is 3.01. The van der Waals surface area contributed by atoms with Crippen LogP contribution in [0.25, 0.3) is 0 Å². The maximum absolute atomic E-state index is 12.4. The largest absolute Gasteiger partial charge is 0.481 e. The van der Waals surface area contributed by atoms with Gasteiger partial charge in [-0.3, -0.25) is 4.79 Å². The molecule has 0 unspecified atom stereocenters. The van der Waals surface area contributed by atoms with E-state index in [2.05, 4.69) is 66.3 Å². The Morgan fingerprint density at radius 1 is 1.00 bits per heavy atom. The Bertz CT molecular complexity index is 702. The molecule has 1 amide bonds. The molecular formula is C21H26BrNO2. The molecule has 0 bridgehead atoms. The molecule has 0 spiro atoms. The standard InChI is InChI=1S/C21H26BrNO2/c1-14(16-6-8-17(9-7-16)21(3,4)5)23-20(24)15(2)25-19-12-10-18(22)11-13-19/h6-15H,1-5H3,(H,23,24)/t14-,15-/m1/s1. The Labute approximate surface area is 158 Å². The highest BCUT2D eigenvalue weighted by Crippen LogP contribution is 2.24. The fourth-order valence-electron chi connectivity index (χ4n) is 2.46. The van der Waals surface area contributed by atoms with Gasteiger partial charge in [0.25, 0.3) is 5.91 Å². The summed E-state index contributed by atoms with van der Waals surface area (Å²) in [6.45, 7) is 10.3. The van der Waals surface area contributed by atoms with Crippen LogP contribution in [0.4, 0.5) is 0 Å². The van der Waals surface area contributed by atoms with Crippen molar-refractivity contribution < 1.29 is 9.53 Å². The van der Waals surface area contributed by atoms with Crippen molar-refractivity contribution in [3.8, 4) is 5.75 Å². The van der Waals surface area contributed by atoms with E-state index in [1.54, 1.807) is 6.92 Å². The third kappa shape index (κ3) is 5.60. The SMILES string of the molecule is C[C@@H](Oc1ccc(Br)cc1)C(=O)N[C@H](C)c1ccc(C(C)(C)C)cc1. The summed E-state index contributed by atoms with van der Waals surface area (Å²) < 4.78 is 6.67. The van der Waals surface area contributed by atoms with Crippen LogP contribution in [0.15, 0.2) is 53.0 Å². The lowest BCUT2D eigenvalue weighted by molar-refractivity contribution is -0.127. The molecule has 0 heterocycles. The summed E-state index contributed by atoms with van der Waals surface area (Å²) in [6, 6.07) is 15.8. The molecule has 0 aromatic heterocycles. The van der Waals surface area contributed by atoms with Crippen LogP contribution < -0.4 is 10.1 Å². The van der Waals surface area contributed by atoms with Gasteiger partial charge in [0.05, 0.1) is 6.04 Å². The van der Waals surface area contributed by atoms with E-state index in [0.29, 0.717) is 5.75 Å². The number of rotatable bonds is 5. The van der Waals surface area contributed by atoms with E-state index in [9.17, 15) is 4.79 Å². The lowest BCUT2D eigenvalue weighted by atomic mass is 9.86. The van der Waals surface area contributed by atoms with Crippen LogP contribution in [0.5, 0.6) is 5.75 Å². The van der Waals surface area contributed by atoms with Crippen molar-refractivity contribution in [3.63, 3.8) is 0 Å². The van der Waals surface area contributed by atoms with E-state index in [4.69, 9.17) is 4.74 Å². The summed E-state index contributed by atoms with van der Waals surface area (Å²) in [5.41, 5.74) is 2.48. The lowest BCUT2D eigenvalue weighted by Crippen LogP contribution is -2.37. The van der Waals surface area contributed by atoms with Crippen LogP contribution >= 0.6 is 15.9 Å². The molecular weight excluding hydrogens is 378 g/mol. The quantitative estimate of drug-likeness (QED) is 0.726. The van der Waals surface area contributed by atoms with E-state index in [-0.39, 0.29) is 17.4 Å². The van der Waals surface area contributed by atoms with Gasteiger partial charge in [0, 0.05) is 4.47 Å². The summed E-state index contributed by atoms with van der Waals surface area (Å²) in [6.07, 6.45) is -0.558. The minimum absolute atomic E-state index is 0.0718. The van der Waals surface area contributed by atoms with Crippen molar-refractivity contribution in [3.05, 3.63) is 64.1 Å². The zero-order chi connectivity index (χ0) is 18.6. The van der Waals surface area contributed by atoms with Crippen LogP contribution in [0.2, 0.25) is 0 Å². The average molecular weight is 404 g/mol. The van der Waals surface area contributed by atoms with Crippen LogP contribution in [-0.2, 0) is 10.2 Å². The van der Waals surface area contributed by atoms with Crippen LogP contribution in [-0.4, -0.2) is 12.0 Å². The molecule has 2 atom stereocenters. The second-order valence-electron chi connectivity index (χ2n) is 7.32. The zero-order valence-electron chi connectivity index (χ0n) is 15.5. The van der Waals surface area contributed by atoms with E-state index >= 15 is 0 Å². The number of benzene rings is 2. The Morgan fingerprint density at radius 2 is 1.56 bits per heavy atom. The Morgan fingerprint density at radius 3 is 2.08 bits per heavy atom. The van der Waals surface area contributed by atoms with Gasteiger partial charge in [0.15, 0.2) is 6.10 Å². The molecule has 0 aliphatic rings. The number of carbonyl (C=O) groups is 1. The third-order valence-electron chi connectivity index (χ3n) is 4.13. The van der Waals surface area contributed by atoms with E-state index in [1.165, 1.54) is 5.56 Å². The number of amides is 1. The summed E-state index contributed by atoms with van der Waals surface area (Å²) in [4.78, 5) is 12.4. The van der Waals surface area contributed by atoms with Gasteiger partial charge in [0.2, 0.25) is 0 Å². The van der Waals surface area contributed by atoms with Crippen molar-refractivity contribution in [2.45, 2.75) is 52.2 Å². The summed E-state index contributed by atoms with van der Waals surface area (Å²) in [5.74, 6) is 0.545. The highest BCUT2D eigenvalue weighted by Gasteiger charge is 2.19. The Kier molecular flexibility index (Phi) is 6.28. The Hall–Kier alpha value is -1.81. The summed E-state index contributed by atoms with van der Waals surface area (Å²) in [7, 11) is 0. The maximum Gasteiger partial charge on any atom is 0.261 e. The molecule has 3 nitrogen and oxygen atoms in total. The number of carbonyl (C=O) groups excluding carboxylic acids is 1. The number of hydrogen-bond donors (Lipinski definition) is 1. The van der Waals surface area contributed by atoms with Gasteiger partial charge < -0.3 is 10.1 Å². The minimum atomic E-state index is -0.558. The first-order chi connectivity index (χ1) is 11.7. The van der Waals surface area contributed by atoms with Crippen molar-refractivity contribution in [1.82, 2.24) is 5.32 Å². The predicted molar refractivity (Wildman–Crippen MR) is 106 cm³/mol. The first-order valence-corrected chi connectivity index (χ1v) is 9.29. The number of halogens is 1. The zero-order valence-corrected chi connectivity index (χ0v) is 17.1. The molecule has 2 aromatic rings. The predicted octanol–water partition coefficient (Wildman–Crippen LogP) is 5.39. The molecule has 25 heavy (non-hydrogen) atoms. The fourth-order valence-corrected chi connectivity index (χ4v) is 2.72. The van der Waals surface area contributed by atoms with Crippen molar-refractivity contribution in [2.75, 3.05) is 0 Å². The van der Waals surface area contributed by atoms with E-state index < -0.39 is 6.10 Å². The normalized spacial score (nSPS) is 13.8. The van der Waals surface area contributed by atoms with E-state index in [0.717, 1.165) is 10.0 Å². The monoisotopic (exact) mass is 403 g/mol. The van der Waals surface area contributed by atoms with Gasteiger partial charge in [-0.2, -0.15) is 0 Å². The van der Waals surface area contributed by atoms with E-state index in [1.807, 2.05) is 31.2 Å². The van der Waals surface area contributed by atoms with Crippen molar-refractivity contribution in [2.24, 2.45) is 0 Å². The van der Waals surface area contributed by atoms with Crippen LogP contribution in [0.3, 0.4) is 0 Å². The molecule has 0 saturated carbocycles. The van der Waals surface area contributed by atoms with Crippen molar-refractivity contribution in [1.29, 1.82) is 0 Å². The van der Waals surface area contributed by atoms with Crippen molar-refractivity contribution >= 4 is 21.8 Å². The third-order valence-corrected chi connectivity index (χ3v) is 4.66. The molecule has 2 rings (SSSR count). The molecule has 0 saturated heterocycles. The molecule has 0 aliphatic heterocycles. The molecule has 0 radical (unpaired) electrons.